The van der Waals surface area contributed by atoms with Gasteiger partial charge in [-0.25, -0.2) is 0 Å². The van der Waals surface area contributed by atoms with Crippen LogP contribution in [0, 0.1) is 0 Å². The first kappa shape index (κ1) is 11.6. The summed E-state index contributed by atoms with van der Waals surface area (Å²) in [6, 6.07) is 8.50. The SMILES string of the molecule is CC(=O)N1CCC(c2cccc(Br)c2)CC1. The van der Waals surface area contributed by atoms with Crippen LogP contribution in [0.25, 0.3) is 0 Å². The molecule has 1 saturated heterocycles. The molecule has 1 fully saturated rings. The second-order valence-electron chi connectivity index (χ2n) is 4.34. The number of hydrogen-bond donors (Lipinski definition) is 0. The molecule has 86 valence electrons. The summed E-state index contributed by atoms with van der Waals surface area (Å²) in [5.74, 6) is 0.806. The standard InChI is InChI=1S/C13H16BrNO/c1-10(16)15-7-5-11(6-8-15)12-3-2-4-13(14)9-12/h2-4,9,11H,5-8H2,1H3. The van der Waals surface area contributed by atoms with E-state index < -0.39 is 0 Å². The Labute approximate surface area is 105 Å². The Bertz CT molecular complexity index is 383. The van der Waals surface area contributed by atoms with Gasteiger partial charge in [0.15, 0.2) is 0 Å². The second-order valence-corrected chi connectivity index (χ2v) is 5.25. The number of rotatable bonds is 1. The molecule has 0 radical (unpaired) electrons. The average Bonchev–Trinajstić information content (AvgIpc) is 2.29. The lowest BCUT2D eigenvalue weighted by Gasteiger charge is -2.31. The zero-order valence-corrected chi connectivity index (χ0v) is 11.0. The molecule has 1 heterocycles. The van der Waals surface area contributed by atoms with E-state index in [1.165, 1.54) is 5.56 Å². The van der Waals surface area contributed by atoms with E-state index in [1.54, 1.807) is 6.92 Å². The number of amides is 1. The number of piperidine rings is 1. The summed E-state index contributed by atoms with van der Waals surface area (Å²) >= 11 is 3.50. The van der Waals surface area contributed by atoms with Crippen molar-refractivity contribution in [2.24, 2.45) is 0 Å². The molecule has 0 unspecified atom stereocenters. The summed E-state index contributed by atoms with van der Waals surface area (Å²) in [7, 11) is 0. The van der Waals surface area contributed by atoms with Gasteiger partial charge in [0.2, 0.25) is 5.91 Å². The van der Waals surface area contributed by atoms with Crippen LogP contribution in [0.5, 0.6) is 0 Å². The summed E-state index contributed by atoms with van der Waals surface area (Å²) in [5.41, 5.74) is 1.39. The van der Waals surface area contributed by atoms with Crippen molar-refractivity contribution in [3.05, 3.63) is 34.3 Å². The van der Waals surface area contributed by atoms with Crippen LogP contribution in [-0.2, 0) is 4.79 Å². The molecular weight excluding hydrogens is 266 g/mol. The molecule has 0 atom stereocenters. The van der Waals surface area contributed by atoms with Gasteiger partial charge in [-0.3, -0.25) is 4.79 Å². The highest BCUT2D eigenvalue weighted by atomic mass is 79.9. The number of halogens is 1. The lowest BCUT2D eigenvalue weighted by molar-refractivity contribution is -0.129. The van der Waals surface area contributed by atoms with Gasteiger partial charge in [-0.15, -0.1) is 0 Å². The molecule has 1 aromatic rings. The summed E-state index contributed by atoms with van der Waals surface area (Å²) < 4.78 is 1.14. The van der Waals surface area contributed by atoms with Crippen LogP contribution >= 0.6 is 15.9 Å². The zero-order valence-electron chi connectivity index (χ0n) is 9.45. The second kappa shape index (κ2) is 5.00. The van der Waals surface area contributed by atoms with Gasteiger partial charge < -0.3 is 4.90 Å². The maximum Gasteiger partial charge on any atom is 0.219 e. The first-order valence-electron chi connectivity index (χ1n) is 5.68. The summed E-state index contributed by atoms with van der Waals surface area (Å²) in [6.45, 7) is 3.44. The fraction of sp³-hybridized carbons (Fsp3) is 0.462. The molecule has 1 aliphatic rings. The van der Waals surface area contributed by atoms with Gasteiger partial charge in [0.1, 0.15) is 0 Å². The molecular formula is C13H16BrNO. The smallest absolute Gasteiger partial charge is 0.219 e. The minimum Gasteiger partial charge on any atom is -0.343 e. The Morgan fingerprint density at radius 3 is 2.62 bits per heavy atom. The Hall–Kier alpha value is -0.830. The van der Waals surface area contributed by atoms with Crippen molar-refractivity contribution in [1.82, 2.24) is 4.90 Å². The third kappa shape index (κ3) is 2.64. The molecule has 3 heteroatoms. The Kier molecular flexibility index (Phi) is 3.64. The Morgan fingerprint density at radius 2 is 2.06 bits per heavy atom. The molecule has 1 aliphatic heterocycles. The monoisotopic (exact) mass is 281 g/mol. The van der Waals surface area contributed by atoms with Crippen molar-refractivity contribution in [2.45, 2.75) is 25.7 Å². The molecule has 0 aromatic heterocycles. The fourth-order valence-corrected chi connectivity index (χ4v) is 2.71. The van der Waals surface area contributed by atoms with Crippen molar-refractivity contribution in [2.75, 3.05) is 13.1 Å². The molecule has 2 rings (SSSR count). The Morgan fingerprint density at radius 1 is 1.38 bits per heavy atom. The number of nitrogens with zero attached hydrogens (tertiary/aromatic N) is 1. The van der Waals surface area contributed by atoms with E-state index in [0.29, 0.717) is 5.92 Å². The van der Waals surface area contributed by atoms with Crippen molar-refractivity contribution in [3.8, 4) is 0 Å². The highest BCUT2D eigenvalue weighted by Crippen LogP contribution is 2.29. The molecule has 2 nitrogen and oxygen atoms in total. The number of likely N-dealkylation sites (tertiary alicyclic amines) is 1. The minimum atomic E-state index is 0.202. The molecule has 0 aliphatic carbocycles. The molecule has 0 N–H and O–H groups in total. The Balaban J connectivity index is 2.01. The molecule has 0 spiro atoms. The predicted molar refractivity (Wildman–Crippen MR) is 68.4 cm³/mol. The first-order valence-corrected chi connectivity index (χ1v) is 6.47. The van der Waals surface area contributed by atoms with Crippen LogP contribution in [0.15, 0.2) is 28.7 Å². The van der Waals surface area contributed by atoms with Crippen LogP contribution in [-0.4, -0.2) is 23.9 Å². The van der Waals surface area contributed by atoms with Gasteiger partial charge in [-0.05, 0) is 36.5 Å². The molecule has 16 heavy (non-hydrogen) atoms. The highest BCUT2D eigenvalue weighted by Gasteiger charge is 2.21. The third-order valence-electron chi connectivity index (χ3n) is 3.26. The van der Waals surface area contributed by atoms with E-state index in [0.717, 1.165) is 30.4 Å². The van der Waals surface area contributed by atoms with E-state index in [1.807, 2.05) is 11.0 Å². The van der Waals surface area contributed by atoms with Crippen LogP contribution in [0.2, 0.25) is 0 Å². The maximum absolute atomic E-state index is 11.2. The lowest BCUT2D eigenvalue weighted by Crippen LogP contribution is -2.36. The molecule has 0 saturated carbocycles. The van der Waals surface area contributed by atoms with E-state index in [2.05, 4.69) is 34.1 Å². The zero-order chi connectivity index (χ0) is 11.5. The van der Waals surface area contributed by atoms with E-state index in [4.69, 9.17) is 0 Å². The summed E-state index contributed by atoms with van der Waals surface area (Å²) in [6.07, 6.45) is 2.16. The van der Waals surface area contributed by atoms with Gasteiger partial charge in [-0.2, -0.15) is 0 Å². The van der Waals surface area contributed by atoms with Crippen molar-refractivity contribution >= 4 is 21.8 Å². The van der Waals surface area contributed by atoms with Crippen molar-refractivity contribution in [3.63, 3.8) is 0 Å². The maximum atomic E-state index is 11.2. The lowest BCUT2D eigenvalue weighted by atomic mass is 9.89. The van der Waals surface area contributed by atoms with Crippen LogP contribution in [0.4, 0.5) is 0 Å². The van der Waals surface area contributed by atoms with Gasteiger partial charge in [-0.1, -0.05) is 28.1 Å². The number of hydrogen-bond acceptors (Lipinski definition) is 1. The summed E-state index contributed by atoms with van der Waals surface area (Å²) in [4.78, 5) is 13.2. The van der Waals surface area contributed by atoms with Gasteiger partial charge in [0.05, 0.1) is 0 Å². The molecule has 1 aromatic carbocycles. The van der Waals surface area contributed by atoms with Crippen LogP contribution in [0.3, 0.4) is 0 Å². The van der Waals surface area contributed by atoms with Crippen LogP contribution in [0.1, 0.15) is 31.2 Å². The van der Waals surface area contributed by atoms with E-state index >= 15 is 0 Å². The topological polar surface area (TPSA) is 20.3 Å². The van der Waals surface area contributed by atoms with Crippen LogP contribution < -0.4 is 0 Å². The van der Waals surface area contributed by atoms with E-state index in [-0.39, 0.29) is 5.91 Å². The molecule has 0 bridgehead atoms. The summed E-state index contributed by atoms with van der Waals surface area (Å²) in [5, 5.41) is 0. The number of carbonyl (C=O) groups excluding carboxylic acids is 1. The highest BCUT2D eigenvalue weighted by molar-refractivity contribution is 9.10. The fourth-order valence-electron chi connectivity index (χ4n) is 2.29. The van der Waals surface area contributed by atoms with Crippen molar-refractivity contribution < 1.29 is 4.79 Å². The quantitative estimate of drug-likeness (QED) is 0.774. The van der Waals surface area contributed by atoms with Crippen molar-refractivity contribution in [1.29, 1.82) is 0 Å². The third-order valence-corrected chi connectivity index (χ3v) is 3.75. The predicted octanol–water partition coefficient (Wildman–Crippen LogP) is 3.18. The van der Waals surface area contributed by atoms with Gasteiger partial charge in [0.25, 0.3) is 0 Å². The average molecular weight is 282 g/mol. The number of carbonyl (C=O) groups is 1. The normalized spacial score (nSPS) is 17.5. The minimum absolute atomic E-state index is 0.202. The van der Waals surface area contributed by atoms with Gasteiger partial charge >= 0.3 is 0 Å². The largest absolute Gasteiger partial charge is 0.343 e. The van der Waals surface area contributed by atoms with E-state index in [9.17, 15) is 4.79 Å². The first-order chi connectivity index (χ1) is 7.66. The number of benzene rings is 1. The van der Waals surface area contributed by atoms with Gasteiger partial charge in [0, 0.05) is 24.5 Å². The molecule has 1 amide bonds.